The molecule has 0 aliphatic rings. The van der Waals surface area contributed by atoms with Crippen molar-refractivity contribution in [1.29, 1.82) is 0 Å². The van der Waals surface area contributed by atoms with Crippen LogP contribution in [0.3, 0.4) is 0 Å². The average Bonchev–Trinajstić information content (AvgIpc) is 3.13. The van der Waals surface area contributed by atoms with E-state index >= 15 is 0 Å². The van der Waals surface area contributed by atoms with Crippen molar-refractivity contribution in [3.8, 4) is 0 Å². The van der Waals surface area contributed by atoms with E-state index in [1.165, 1.54) is 6.92 Å². The van der Waals surface area contributed by atoms with Gasteiger partial charge < -0.3 is 58.3 Å². The molecule has 0 aliphatic carbocycles. The number of nitrogens with one attached hydrogen (secondary N) is 7. The SMILES string of the molecule is CC(C)CC(N)C(=O)NC(Cc1ccccc1)C(=O)NC(C)C(=O)NC(C(=O)NC(CC(=O)O)C(=O)NC(C(=O)NCC(=O)NC(CC(C)C)C(=O)O)C(C)O)C(C)C. The van der Waals surface area contributed by atoms with Gasteiger partial charge in [-0.3, -0.25) is 38.4 Å². The number of carbonyl (C=O) groups excluding carboxylic acids is 7. The molecule has 0 bridgehead atoms. The van der Waals surface area contributed by atoms with E-state index in [2.05, 4.69) is 37.2 Å². The highest BCUT2D eigenvalue weighted by Crippen LogP contribution is 2.09. The fraction of sp³-hybridized carbons (Fsp3) is 0.615. The number of carboxylic acids is 2. The first-order valence-corrected chi connectivity index (χ1v) is 19.4. The van der Waals surface area contributed by atoms with Crippen LogP contribution >= 0.6 is 0 Å². The zero-order valence-electron chi connectivity index (χ0n) is 34.9. The van der Waals surface area contributed by atoms with Crippen molar-refractivity contribution >= 4 is 53.3 Å². The van der Waals surface area contributed by atoms with Gasteiger partial charge in [0.15, 0.2) is 0 Å². The minimum absolute atomic E-state index is 0.0732. The van der Waals surface area contributed by atoms with Gasteiger partial charge in [0.05, 0.1) is 25.1 Å². The lowest BCUT2D eigenvalue weighted by molar-refractivity contribution is -0.142. The van der Waals surface area contributed by atoms with E-state index in [-0.39, 0.29) is 24.7 Å². The number of aliphatic carboxylic acids is 2. The van der Waals surface area contributed by atoms with Gasteiger partial charge in [-0.25, -0.2) is 4.79 Å². The topological polar surface area (TPSA) is 325 Å². The molecule has 0 saturated carbocycles. The number of hydrogen-bond donors (Lipinski definition) is 11. The van der Waals surface area contributed by atoms with Gasteiger partial charge in [-0.1, -0.05) is 71.9 Å². The van der Waals surface area contributed by atoms with Gasteiger partial charge in [0.2, 0.25) is 41.4 Å². The fourth-order valence-corrected chi connectivity index (χ4v) is 5.67. The van der Waals surface area contributed by atoms with Crippen LogP contribution in [0.4, 0.5) is 0 Å². The number of benzene rings is 1. The van der Waals surface area contributed by atoms with Gasteiger partial charge in [-0.15, -0.1) is 0 Å². The third-order valence-corrected chi connectivity index (χ3v) is 8.81. The highest BCUT2D eigenvalue weighted by Gasteiger charge is 2.35. The maximum atomic E-state index is 13.5. The lowest BCUT2D eigenvalue weighted by Crippen LogP contribution is -2.61. The molecular formula is C39H62N8O12. The third-order valence-electron chi connectivity index (χ3n) is 8.81. The van der Waals surface area contributed by atoms with Crippen LogP contribution in [-0.4, -0.2) is 124 Å². The summed E-state index contributed by atoms with van der Waals surface area (Å²) in [5, 5.41) is 45.7. The molecule has 1 rings (SSSR count). The molecule has 0 spiro atoms. The van der Waals surface area contributed by atoms with E-state index in [1.807, 2.05) is 13.8 Å². The van der Waals surface area contributed by atoms with E-state index in [1.54, 1.807) is 58.0 Å². The molecule has 0 heterocycles. The molecule has 20 nitrogen and oxygen atoms in total. The van der Waals surface area contributed by atoms with Crippen LogP contribution in [0.15, 0.2) is 30.3 Å². The average molecular weight is 835 g/mol. The molecule has 1 aromatic rings. The molecule has 0 aliphatic heterocycles. The molecule has 8 unspecified atom stereocenters. The lowest BCUT2D eigenvalue weighted by atomic mass is 10.0. The molecule has 0 radical (unpaired) electrons. The van der Waals surface area contributed by atoms with E-state index in [0.717, 1.165) is 12.5 Å². The summed E-state index contributed by atoms with van der Waals surface area (Å²) in [5.41, 5.74) is 6.76. The van der Waals surface area contributed by atoms with Crippen molar-refractivity contribution in [3.05, 3.63) is 35.9 Å². The summed E-state index contributed by atoms with van der Waals surface area (Å²) in [6.07, 6.45) is -2.02. The molecule has 330 valence electrons. The molecular weight excluding hydrogens is 772 g/mol. The Morgan fingerprint density at radius 3 is 1.64 bits per heavy atom. The molecule has 12 N–H and O–H groups in total. The van der Waals surface area contributed by atoms with Crippen LogP contribution in [0, 0.1) is 17.8 Å². The summed E-state index contributed by atoms with van der Waals surface area (Å²) in [7, 11) is 0. The first-order chi connectivity index (χ1) is 27.4. The second kappa shape index (κ2) is 25.0. The molecule has 0 fully saturated rings. The van der Waals surface area contributed by atoms with E-state index in [0.29, 0.717) is 6.42 Å². The van der Waals surface area contributed by atoms with Crippen LogP contribution < -0.4 is 43.0 Å². The van der Waals surface area contributed by atoms with Crippen molar-refractivity contribution < 1.29 is 58.5 Å². The lowest BCUT2D eigenvalue weighted by Gasteiger charge is -2.28. The zero-order valence-corrected chi connectivity index (χ0v) is 34.9. The number of nitrogens with two attached hydrogens (primary N) is 1. The highest BCUT2D eigenvalue weighted by atomic mass is 16.4. The van der Waals surface area contributed by atoms with Crippen molar-refractivity contribution in [3.63, 3.8) is 0 Å². The standard InChI is InChI=1S/C39H62N8O12/c1-19(2)14-25(40)34(53)44-26(16-24-12-10-9-11-13-24)35(54)42-22(7)33(52)46-31(21(5)6)38(57)45-27(17-30(50)51)36(55)47-32(23(8)48)37(56)41-18-29(49)43-28(39(58)59)15-20(3)4/h9-13,19-23,25-28,31-32,48H,14-18,40H2,1-8H3,(H,41,56)(H,42,54)(H,43,49)(H,44,53)(H,45,57)(H,46,52)(H,47,55)(H,50,51)(H,58,59). The molecule has 0 aromatic heterocycles. The smallest absolute Gasteiger partial charge is 0.326 e. The highest BCUT2D eigenvalue weighted by molar-refractivity contribution is 5.98. The number of aliphatic hydroxyl groups excluding tert-OH is 1. The Balaban J connectivity index is 3.08. The Hall–Kier alpha value is -5.63. The summed E-state index contributed by atoms with van der Waals surface area (Å²) < 4.78 is 0. The number of hydrogen-bond acceptors (Lipinski definition) is 11. The van der Waals surface area contributed by atoms with Crippen molar-refractivity contribution in [2.75, 3.05) is 6.54 Å². The predicted molar refractivity (Wildman–Crippen MR) is 214 cm³/mol. The number of carbonyl (C=O) groups is 9. The molecule has 7 amide bonds. The van der Waals surface area contributed by atoms with Crippen LogP contribution in [0.1, 0.15) is 80.2 Å². The summed E-state index contributed by atoms with van der Waals surface area (Å²) in [6, 6.07) is -0.632. The summed E-state index contributed by atoms with van der Waals surface area (Å²) in [6.45, 7) is 12.1. The fourth-order valence-electron chi connectivity index (χ4n) is 5.67. The van der Waals surface area contributed by atoms with Gasteiger partial charge >= 0.3 is 11.9 Å². The van der Waals surface area contributed by atoms with E-state index < -0.39 is 121 Å². The number of rotatable bonds is 25. The van der Waals surface area contributed by atoms with Crippen LogP contribution in [-0.2, 0) is 49.6 Å². The van der Waals surface area contributed by atoms with Gasteiger partial charge in [-0.05, 0) is 50.0 Å². The van der Waals surface area contributed by atoms with E-state index in [4.69, 9.17) is 5.73 Å². The maximum Gasteiger partial charge on any atom is 0.326 e. The van der Waals surface area contributed by atoms with Crippen LogP contribution in [0.5, 0.6) is 0 Å². The van der Waals surface area contributed by atoms with Crippen LogP contribution in [0.25, 0.3) is 0 Å². The normalized spacial score (nSPS) is 15.3. The second-order valence-electron chi connectivity index (χ2n) is 15.6. The minimum atomic E-state index is -1.83. The first-order valence-electron chi connectivity index (χ1n) is 19.4. The Morgan fingerprint density at radius 2 is 1.14 bits per heavy atom. The van der Waals surface area contributed by atoms with Crippen LogP contribution in [0.2, 0.25) is 0 Å². The van der Waals surface area contributed by atoms with Crippen molar-refractivity contribution in [1.82, 2.24) is 37.2 Å². The monoisotopic (exact) mass is 834 g/mol. The summed E-state index contributed by atoms with van der Waals surface area (Å²) >= 11 is 0. The van der Waals surface area contributed by atoms with Gasteiger partial charge in [0, 0.05) is 6.42 Å². The number of aliphatic hydroxyl groups is 1. The quantitative estimate of drug-likeness (QED) is 0.0524. The molecule has 8 atom stereocenters. The molecule has 59 heavy (non-hydrogen) atoms. The Bertz CT molecular complexity index is 1620. The maximum absolute atomic E-state index is 13.5. The summed E-state index contributed by atoms with van der Waals surface area (Å²) in [5.74, 6) is -9.67. The van der Waals surface area contributed by atoms with Crippen molar-refractivity contribution in [2.45, 2.75) is 129 Å². The van der Waals surface area contributed by atoms with Gasteiger partial charge in [0.1, 0.15) is 36.3 Å². The zero-order chi connectivity index (χ0) is 45.1. The summed E-state index contributed by atoms with van der Waals surface area (Å²) in [4.78, 5) is 115. The van der Waals surface area contributed by atoms with Gasteiger partial charge in [0.25, 0.3) is 0 Å². The third kappa shape index (κ3) is 19.1. The van der Waals surface area contributed by atoms with Crippen molar-refractivity contribution in [2.24, 2.45) is 23.5 Å². The Morgan fingerprint density at radius 1 is 0.593 bits per heavy atom. The van der Waals surface area contributed by atoms with Gasteiger partial charge in [-0.2, -0.15) is 0 Å². The molecule has 0 saturated heterocycles. The predicted octanol–water partition coefficient (Wildman–Crippen LogP) is -1.71. The Kier molecular flexibility index (Phi) is 21.8. The second-order valence-corrected chi connectivity index (χ2v) is 15.6. The minimum Gasteiger partial charge on any atom is -0.481 e. The largest absolute Gasteiger partial charge is 0.481 e. The Labute approximate surface area is 343 Å². The molecule has 20 heteroatoms. The molecule has 1 aromatic carbocycles. The van der Waals surface area contributed by atoms with E-state index in [9.17, 15) is 58.5 Å². The number of amides is 7. The first kappa shape index (κ1) is 51.4. The number of carboxylic acid groups (broad SMARTS) is 2.